The van der Waals surface area contributed by atoms with E-state index in [4.69, 9.17) is 44.7 Å². The van der Waals surface area contributed by atoms with Crippen LogP contribution in [0.5, 0.6) is 5.88 Å². The van der Waals surface area contributed by atoms with Crippen LogP contribution in [-0.4, -0.2) is 32.3 Å². The van der Waals surface area contributed by atoms with Crippen LogP contribution in [0.1, 0.15) is 70.2 Å². The molecule has 1 unspecified atom stereocenters. The van der Waals surface area contributed by atoms with Crippen LogP contribution in [-0.2, 0) is 21.3 Å². The fraction of sp³-hybridized carbons (Fsp3) is 0.393. The lowest BCUT2D eigenvalue weighted by molar-refractivity contribution is 0.137. The summed E-state index contributed by atoms with van der Waals surface area (Å²) in [5, 5.41) is 1.18. The topological polar surface area (TPSA) is 58.6 Å². The van der Waals surface area contributed by atoms with E-state index in [1.54, 1.807) is 27.6 Å². The largest absolute Gasteiger partial charge is 0.478 e. The van der Waals surface area contributed by atoms with E-state index in [0.717, 1.165) is 11.1 Å². The maximum Gasteiger partial charge on any atom is 0.314 e. The molecule has 2 aromatic carbocycles. The highest BCUT2D eigenvalue weighted by Gasteiger charge is 2.65. The molecule has 1 aliphatic heterocycles. The first kappa shape index (κ1) is 27.6. The Labute approximate surface area is 233 Å². The Kier molecular flexibility index (Phi) is 7.52. The number of amides is 1. The molecule has 0 saturated carbocycles. The Balaban J connectivity index is 2.00. The molecule has 2 heterocycles. The van der Waals surface area contributed by atoms with Gasteiger partial charge in [0.25, 0.3) is 0 Å². The van der Waals surface area contributed by atoms with Crippen molar-refractivity contribution >= 4 is 41.4 Å². The highest BCUT2D eigenvalue weighted by atomic mass is 35.5. The molecule has 37 heavy (non-hydrogen) atoms. The maximum atomic E-state index is 12.8. The van der Waals surface area contributed by atoms with Gasteiger partial charge < -0.3 is 9.64 Å². The number of carbonyl (C=O) groups excluding carboxylic acids is 1. The van der Waals surface area contributed by atoms with E-state index in [0.29, 0.717) is 33.9 Å². The highest BCUT2D eigenvalue weighted by Crippen LogP contribution is 2.61. The third-order valence-electron chi connectivity index (χ3n) is 7.24. The second-order valence-electron chi connectivity index (χ2n) is 10.4. The maximum absolute atomic E-state index is 12.8. The molecule has 1 aromatic heterocycles. The molecule has 0 bridgehead atoms. The van der Waals surface area contributed by atoms with Gasteiger partial charge in [-0.25, -0.2) is 4.98 Å². The molecule has 0 N–H and O–H groups in total. The van der Waals surface area contributed by atoms with Gasteiger partial charge in [0.2, 0.25) is 5.88 Å². The Morgan fingerprint density at radius 1 is 0.973 bits per heavy atom. The van der Waals surface area contributed by atoms with Gasteiger partial charge in [-0.2, -0.15) is 9.40 Å². The summed E-state index contributed by atoms with van der Waals surface area (Å²) in [5.41, 5.74) is 0.0132. The van der Waals surface area contributed by atoms with Gasteiger partial charge in [0.05, 0.1) is 23.2 Å². The summed E-state index contributed by atoms with van der Waals surface area (Å²) in [4.78, 5) is 23.8. The summed E-state index contributed by atoms with van der Waals surface area (Å²) in [6.07, 6.45) is 3.08. The molecule has 3 aromatic rings. The van der Waals surface area contributed by atoms with Gasteiger partial charge in [-0.1, -0.05) is 68.2 Å². The summed E-state index contributed by atoms with van der Waals surface area (Å²) in [6, 6.07) is 14.8. The molecular weight excluding hydrogens is 531 g/mol. The van der Waals surface area contributed by atoms with Crippen LogP contribution >= 0.6 is 35.0 Å². The second-order valence-corrected chi connectivity index (χ2v) is 11.7. The van der Waals surface area contributed by atoms with Crippen molar-refractivity contribution < 1.29 is 9.53 Å². The van der Waals surface area contributed by atoms with E-state index >= 15 is 0 Å². The minimum atomic E-state index is -0.994. The van der Waals surface area contributed by atoms with E-state index in [1.807, 2.05) is 77.9 Å². The van der Waals surface area contributed by atoms with Crippen molar-refractivity contribution in [1.82, 2.24) is 19.3 Å². The van der Waals surface area contributed by atoms with Crippen LogP contribution in [0.4, 0.5) is 0 Å². The zero-order chi connectivity index (χ0) is 27.2. The Hall–Kier alpha value is -2.38. The molecular formula is C28H30Cl3N4O2. The normalized spacial score (nSPS) is 24.4. The minimum Gasteiger partial charge on any atom is -0.478 e. The molecule has 1 aliphatic rings. The molecule has 195 valence electrons. The highest BCUT2D eigenvalue weighted by molar-refractivity contribution is 6.30. The third kappa shape index (κ3) is 4.48. The molecule has 1 amide bonds. The summed E-state index contributed by atoms with van der Waals surface area (Å²) in [5.74, 6) is 0.999. The number of rotatable bonds is 6. The van der Waals surface area contributed by atoms with Gasteiger partial charge in [-0.3, -0.25) is 4.79 Å². The number of halogens is 3. The number of aromatic nitrogens is 2. The fourth-order valence-electron chi connectivity index (χ4n) is 4.98. The quantitative estimate of drug-likeness (QED) is 0.300. The smallest absolute Gasteiger partial charge is 0.314 e. The van der Waals surface area contributed by atoms with Gasteiger partial charge >= 0.3 is 6.41 Å². The lowest BCUT2D eigenvalue weighted by Gasteiger charge is -2.45. The zero-order valence-electron chi connectivity index (χ0n) is 21.7. The van der Waals surface area contributed by atoms with Crippen molar-refractivity contribution in [2.24, 2.45) is 0 Å². The Morgan fingerprint density at radius 3 is 1.95 bits per heavy atom. The third-order valence-corrected chi connectivity index (χ3v) is 8.26. The first-order valence-corrected chi connectivity index (χ1v) is 13.1. The predicted octanol–water partition coefficient (Wildman–Crippen LogP) is 7.15. The zero-order valence-corrected chi connectivity index (χ0v) is 24.0. The summed E-state index contributed by atoms with van der Waals surface area (Å²) < 4.78 is 7.61. The molecule has 4 rings (SSSR count). The Morgan fingerprint density at radius 2 is 1.49 bits per heavy atom. The lowest BCUT2D eigenvalue weighted by atomic mass is 9.71. The van der Waals surface area contributed by atoms with Gasteiger partial charge in [-0.15, -0.1) is 0 Å². The number of benzene rings is 2. The van der Waals surface area contributed by atoms with E-state index < -0.39 is 17.2 Å². The van der Waals surface area contributed by atoms with E-state index in [2.05, 4.69) is 11.4 Å². The van der Waals surface area contributed by atoms with Crippen molar-refractivity contribution in [3.05, 3.63) is 87.3 Å². The van der Waals surface area contributed by atoms with Gasteiger partial charge in [0.15, 0.2) is 0 Å². The van der Waals surface area contributed by atoms with Crippen molar-refractivity contribution in [2.45, 2.75) is 64.2 Å². The minimum absolute atomic E-state index is 0.299. The van der Waals surface area contributed by atoms with Gasteiger partial charge in [0.1, 0.15) is 12.0 Å². The van der Waals surface area contributed by atoms with Crippen LogP contribution in [0, 0.1) is 0 Å². The first-order chi connectivity index (χ1) is 17.4. The molecule has 6 nitrogen and oxygen atoms in total. The second kappa shape index (κ2) is 10.1. The van der Waals surface area contributed by atoms with Crippen LogP contribution in [0.15, 0.2) is 54.7 Å². The molecule has 3 atom stereocenters. The Bertz CT molecular complexity index is 1280. The first-order valence-electron chi connectivity index (χ1n) is 12.0. The standard InChI is InChI=1S/C28H30Cl3N4O2/c1-7-37-23-22(16-32-25(33-23)26(2,3)4)24-34(17-36)27(5,18-8-12-20(29)13-9-18)28(6,35(24)31)19-10-14-21(30)15-11-19/h8-16,24H,7H2,1-6H3/t24?,27-,28+/m1/s1. The van der Waals surface area contributed by atoms with Gasteiger partial charge in [0, 0.05) is 21.7 Å². The molecule has 0 aliphatic carbocycles. The molecule has 1 radical (unpaired) electrons. The van der Waals surface area contributed by atoms with Crippen LogP contribution in [0.25, 0.3) is 0 Å². The summed E-state index contributed by atoms with van der Waals surface area (Å²) in [6.45, 7) is 12.3. The van der Waals surface area contributed by atoms with Crippen LogP contribution in [0.2, 0.25) is 10.0 Å². The number of ether oxygens (including phenoxy) is 1. The molecule has 1 saturated heterocycles. The summed E-state index contributed by atoms with van der Waals surface area (Å²) >= 11 is 19.7. The molecule has 1 fully saturated rings. The fourth-order valence-corrected chi connectivity index (χ4v) is 5.68. The number of hydrogen-bond donors (Lipinski definition) is 0. The average molecular weight is 561 g/mol. The van der Waals surface area contributed by atoms with Crippen LogP contribution in [0.3, 0.4) is 0 Å². The van der Waals surface area contributed by atoms with Crippen molar-refractivity contribution in [3.8, 4) is 5.88 Å². The average Bonchev–Trinajstić information content (AvgIpc) is 3.03. The molecule has 0 spiro atoms. The number of hydrogen-bond acceptors (Lipinski definition) is 5. The van der Waals surface area contributed by atoms with E-state index in [-0.39, 0.29) is 5.41 Å². The number of nitrogens with zero attached hydrogens (tertiary/aromatic N) is 4. The van der Waals surface area contributed by atoms with Crippen molar-refractivity contribution in [3.63, 3.8) is 0 Å². The SMILES string of the molecule is CCOc1nc(C(C)(C)C)ncc1C1N([C]=O)[C@](C)(c2ccc(Cl)cc2)[C@](C)(c2ccc(Cl)cc2)N1Cl. The van der Waals surface area contributed by atoms with E-state index in [9.17, 15) is 4.79 Å². The van der Waals surface area contributed by atoms with Crippen LogP contribution < -0.4 is 4.74 Å². The predicted molar refractivity (Wildman–Crippen MR) is 147 cm³/mol. The van der Waals surface area contributed by atoms with Crippen molar-refractivity contribution in [2.75, 3.05) is 6.61 Å². The van der Waals surface area contributed by atoms with Gasteiger partial charge in [-0.05, 0) is 67.9 Å². The lowest BCUT2D eigenvalue weighted by Crippen LogP contribution is -2.51. The summed E-state index contributed by atoms with van der Waals surface area (Å²) in [7, 11) is 0. The monoisotopic (exact) mass is 559 g/mol. The molecule has 9 heteroatoms. The van der Waals surface area contributed by atoms with Crippen molar-refractivity contribution in [1.29, 1.82) is 0 Å². The van der Waals surface area contributed by atoms with E-state index in [1.165, 1.54) is 0 Å².